The Balaban J connectivity index is 2.87. The van der Waals surface area contributed by atoms with Gasteiger partial charge in [-0.25, -0.2) is 0 Å². The molecule has 0 aliphatic carbocycles. The molecule has 1 aromatic heterocycles. The Labute approximate surface area is 142 Å². The molecule has 0 saturated carbocycles. The number of nitrogens with zero attached hydrogens (tertiary/aromatic N) is 1. The van der Waals surface area contributed by atoms with Gasteiger partial charge in [-0.15, -0.1) is 11.3 Å². The first kappa shape index (κ1) is 19.1. The molecule has 5 N–H and O–H groups in total. The van der Waals surface area contributed by atoms with Gasteiger partial charge in [0.05, 0.1) is 15.4 Å². The molecule has 0 aliphatic rings. The molecule has 1 rings (SSSR count). The van der Waals surface area contributed by atoms with Gasteiger partial charge in [0.1, 0.15) is 0 Å². The third-order valence-electron chi connectivity index (χ3n) is 2.97. The Bertz CT molecular complexity index is 692. The summed E-state index contributed by atoms with van der Waals surface area (Å²) < 4.78 is 0. The van der Waals surface area contributed by atoms with E-state index in [0.29, 0.717) is 28.3 Å². The zero-order chi connectivity index (χ0) is 17.6. The second-order valence-electron chi connectivity index (χ2n) is 4.57. The topological polar surface area (TPSA) is 124 Å². The summed E-state index contributed by atoms with van der Waals surface area (Å²) in [6.45, 7) is 7.16. The molecular weight excluding hydrogens is 336 g/mol. The zero-order valence-electron chi connectivity index (χ0n) is 12.8. The van der Waals surface area contributed by atoms with Crippen molar-refractivity contribution < 1.29 is 9.72 Å². The first-order valence-electron chi connectivity index (χ1n) is 6.49. The summed E-state index contributed by atoms with van der Waals surface area (Å²) in [6, 6.07) is 0. The molecule has 0 aromatic carbocycles. The summed E-state index contributed by atoms with van der Waals surface area (Å²) in [6.07, 6.45) is 2.88. The van der Waals surface area contributed by atoms with E-state index in [2.05, 4.69) is 11.9 Å². The van der Waals surface area contributed by atoms with Gasteiger partial charge in [0.25, 0.3) is 5.91 Å². The summed E-state index contributed by atoms with van der Waals surface area (Å²) in [4.78, 5) is 23.8. The number of hydrogen-bond acceptors (Lipinski definition) is 7. The number of rotatable bonds is 7. The molecule has 7 nitrogen and oxygen atoms in total. The Morgan fingerprint density at radius 2 is 2.17 bits per heavy atom. The number of nitro groups is 1. The molecule has 0 fully saturated rings. The van der Waals surface area contributed by atoms with Gasteiger partial charge < -0.3 is 11.1 Å². The number of nitrogens with two attached hydrogens (primary N) is 2. The fraction of sp³-hybridized carbons (Fsp3) is 0.214. The smallest absolute Gasteiger partial charge is 0.257 e. The van der Waals surface area contributed by atoms with Crippen LogP contribution in [-0.4, -0.2) is 10.8 Å². The van der Waals surface area contributed by atoms with Gasteiger partial charge in [0, 0.05) is 35.5 Å². The minimum atomic E-state index is -0.490. The van der Waals surface area contributed by atoms with Crippen LogP contribution in [0.4, 0.5) is 0 Å². The van der Waals surface area contributed by atoms with Crippen molar-refractivity contribution in [3.63, 3.8) is 0 Å². The highest BCUT2D eigenvalue weighted by atomic mass is 32.2. The predicted molar refractivity (Wildman–Crippen MR) is 93.4 cm³/mol. The van der Waals surface area contributed by atoms with Crippen molar-refractivity contribution in [3.8, 4) is 0 Å². The van der Waals surface area contributed by atoms with E-state index < -0.39 is 4.92 Å². The Kier molecular flexibility index (Phi) is 7.17. The van der Waals surface area contributed by atoms with E-state index in [1.165, 1.54) is 30.4 Å². The van der Waals surface area contributed by atoms with Crippen LogP contribution in [0.3, 0.4) is 0 Å². The number of hydrogen-bond donors (Lipinski definition) is 3. The average molecular weight is 354 g/mol. The molecule has 1 aromatic rings. The summed E-state index contributed by atoms with van der Waals surface area (Å²) in [5.41, 5.74) is 7.00. The van der Waals surface area contributed by atoms with Gasteiger partial charge in [-0.2, -0.15) is 0 Å². The van der Waals surface area contributed by atoms with E-state index in [4.69, 9.17) is 10.9 Å². The minimum Gasteiger partial charge on any atom is -0.326 e. The molecule has 0 atom stereocenters. The molecule has 23 heavy (non-hydrogen) atoms. The van der Waals surface area contributed by atoms with Gasteiger partial charge in [-0.3, -0.25) is 20.0 Å². The second kappa shape index (κ2) is 8.63. The van der Waals surface area contributed by atoms with E-state index >= 15 is 0 Å². The average Bonchev–Trinajstić information content (AvgIpc) is 2.94. The lowest BCUT2D eigenvalue weighted by atomic mass is 10.2. The van der Waals surface area contributed by atoms with E-state index in [0.717, 1.165) is 16.8 Å². The maximum atomic E-state index is 12.3. The maximum absolute atomic E-state index is 12.3. The van der Waals surface area contributed by atoms with Crippen LogP contribution in [0.1, 0.15) is 29.1 Å². The van der Waals surface area contributed by atoms with E-state index in [9.17, 15) is 14.9 Å². The molecule has 1 heterocycles. The van der Waals surface area contributed by atoms with Crippen LogP contribution in [0.25, 0.3) is 0 Å². The normalized spacial score (nSPS) is 12.2. The highest BCUT2D eigenvalue weighted by molar-refractivity contribution is 7.97. The summed E-state index contributed by atoms with van der Waals surface area (Å²) in [5.74, 6) is -0.346. The molecule has 0 aliphatic heterocycles. The van der Waals surface area contributed by atoms with E-state index in [1.807, 2.05) is 0 Å². The molecule has 0 spiro atoms. The fourth-order valence-electron chi connectivity index (χ4n) is 1.52. The number of nitrogens with one attached hydrogen (secondary N) is 1. The summed E-state index contributed by atoms with van der Waals surface area (Å²) in [7, 11) is 0. The molecule has 1 amide bonds. The first-order chi connectivity index (χ1) is 10.8. The Hall–Kier alpha value is -1.94. The molecular formula is C14H18N4O3S2. The van der Waals surface area contributed by atoms with Gasteiger partial charge in [-0.05, 0) is 24.4 Å². The Morgan fingerprint density at radius 1 is 1.52 bits per heavy atom. The number of carbonyl (C=O) groups excluding carboxylic acids is 1. The molecule has 124 valence electrons. The van der Waals surface area contributed by atoms with Crippen molar-refractivity contribution in [2.45, 2.75) is 25.3 Å². The number of allylic oxidation sites excluding steroid dienone is 4. The quantitative estimate of drug-likeness (QED) is 0.299. The van der Waals surface area contributed by atoms with Crippen LogP contribution in [0.15, 0.2) is 46.0 Å². The number of thiophene rings is 1. The van der Waals surface area contributed by atoms with Crippen LogP contribution < -0.4 is 16.2 Å². The molecule has 0 bridgehead atoms. The summed E-state index contributed by atoms with van der Waals surface area (Å²) >= 11 is 2.34. The molecule has 9 heteroatoms. The standard InChI is InChI=1S/C14H18N4O3S2/c1-8(4-5-9(2)18(20)21)10(3)17-14(19)11-7-22-12(6-15)13(11)23-16/h4-5,7H,3,6,15-16H2,1-2H3,(H,17,19)/b8-4-,9-5+. The number of amides is 1. The van der Waals surface area contributed by atoms with Gasteiger partial charge in [0.2, 0.25) is 5.70 Å². The first-order valence-corrected chi connectivity index (χ1v) is 8.25. The fourth-order valence-corrected chi connectivity index (χ4v) is 3.18. The van der Waals surface area contributed by atoms with Crippen molar-refractivity contribution in [3.05, 3.63) is 61.6 Å². The third-order valence-corrected chi connectivity index (χ3v) is 4.81. The van der Waals surface area contributed by atoms with Gasteiger partial charge in [-0.1, -0.05) is 12.7 Å². The van der Waals surface area contributed by atoms with Crippen molar-refractivity contribution in [1.29, 1.82) is 0 Å². The van der Waals surface area contributed by atoms with Crippen molar-refractivity contribution in [1.82, 2.24) is 5.32 Å². The lowest BCUT2D eigenvalue weighted by molar-refractivity contribution is -0.424. The largest absolute Gasteiger partial charge is 0.326 e. The van der Waals surface area contributed by atoms with Crippen molar-refractivity contribution >= 4 is 29.2 Å². The SMILES string of the molecule is C=C(NC(=O)c1csc(CN)c1SN)/C(C)=C\C=C(/C)[N+](=O)[O-]. The molecule has 0 saturated heterocycles. The van der Waals surface area contributed by atoms with Crippen LogP contribution in [0.5, 0.6) is 0 Å². The van der Waals surface area contributed by atoms with E-state index in [1.54, 1.807) is 12.3 Å². The van der Waals surface area contributed by atoms with Crippen LogP contribution in [0, 0.1) is 10.1 Å². The Morgan fingerprint density at radius 3 is 2.70 bits per heavy atom. The number of carbonyl (C=O) groups is 1. The monoisotopic (exact) mass is 354 g/mol. The van der Waals surface area contributed by atoms with Gasteiger partial charge >= 0.3 is 0 Å². The van der Waals surface area contributed by atoms with Gasteiger partial charge in [0.15, 0.2) is 0 Å². The minimum absolute atomic E-state index is 0.00397. The van der Waals surface area contributed by atoms with Crippen molar-refractivity contribution in [2.24, 2.45) is 10.9 Å². The zero-order valence-corrected chi connectivity index (χ0v) is 14.4. The molecule has 0 radical (unpaired) electrons. The highest BCUT2D eigenvalue weighted by Gasteiger charge is 2.17. The van der Waals surface area contributed by atoms with Crippen LogP contribution >= 0.6 is 23.3 Å². The van der Waals surface area contributed by atoms with E-state index in [-0.39, 0.29) is 11.6 Å². The summed E-state index contributed by atoms with van der Waals surface area (Å²) in [5, 5.41) is 20.5. The van der Waals surface area contributed by atoms with Crippen LogP contribution in [0.2, 0.25) is 0 Å². The lowest BCUT2D eigenvalue weighted by Crippen LogP contribution is -2.23. The van der Waals surface area contributed by atoms with Crippen LogP contribution in [-0.2, 0) is 6.54 Å². The molecule has 0 unspecified atom stereocenters. The van der Waals surface area contributed by atoms with Crippen molar-refractivity contribution in [2.75, 3.05) is 0 Å². The second-order valence-corrected chi connectivity index (χ2v) is 6.18. The lowest BCUT2D eigenvalue weighted by Gasteiger charge is -2.09. The third kappa shape index (κ3) is 5.03. The highest BCUT2D eigenvalue weighted by Crippen LogP contribution is 2.29. The predicted octanol–water partition coefficient (Wildman–Crippen LogP) is 2.54. The maximum Gasteiger partial charge on any atom is 0.257 e.